The fourth-order valence-corrected chi connectivity index (χ4v) is 2.97. The average Bonchev–Trinajstić information content (AvgIpc) is 2.91. The van der Waals surface area contributed by atoms with E-state index in [1.165, 1.54) is 24.0 Å². The summed E-state index contributed by atoms with van der Waals surface area (Å²) in [6.45, 7) is 2.11. The first-order valence-electron chi connectivity index (χ1n) is 6.97. The van der Waals surface area contributed by atoms with Crippen molar-refractivity contribution in [1.29, 1.82) is 0 Å². The van der Waals surface area contributed by atoms with Gasteiger partial charge in [-0.3, -0.25) is 4.90 Å². The van der Waals surface area contributed by atoms with Crippen molar-refractivity contribution in [2.75, 3.05) is 12.3 Å². The summed E-state index contributed by atoms with van der Waals surface area (Å²) in [6.07, 6.45) is 2.52. The maximum absolute atomic E-state index is 6.06. The molecule has 1 heterocycles. The highest BCUT2D eigenvalue weighted by Gasteiger charge is 2.25. The van der Waals surface area contributed by atoms with Gasteiger partial charge in [0.15, 0.2) is 0 Å². The molecule has 1 atom stereocenters. The normalized spacial score (nSPS) is 19.7. The Kier molecular flexibility index (Phi) is 3.51. The largest absolute Gasteiger partial charge is 0.398 e. The highest BCUT2D eigenvalue weighted by atomic mass is 15.2. The topological polar surface area (TPSA) is 29.3 Å². The summed E-state index contributed by atoms with van der Waals surface area (Å²) in [4.78, 5) is 2.54. The quantitative estimate of drug-likeness (QED) is 0.846. The van der Waals surface area contributed by atoms with Gasteiger partial charge in [-0.1, -0.05) is 48.5 Å². The Balaban J connectivity index is 1.79. The van der Waals surface area contributed by atoms with Gasteiger partial charge in [-0.2, -0.15) is 0 Å². The molecule has 1 fully saturated rings. The lowest BCUT2D eigenvalue weighted by atomic mass is 10.0. The van der Waals surface area contributed by atoms with E-state index in [2.05, 4.69) is 47.4 Å². The molecule has 0 aliphatic carbocycles. The van der Waals surface area contributed by atoms with Crippen LogP contribution in [0.2, 0.25) is 0 Å². The monoisotopic (exact) mass is 252 g/mol. The molecule has 0 amide bonds. The van der Waals surface area contributed by atoms with Crippen LogP contribution in [0.5, 0.6) is 0 Å². The van der Waals surface area contributed by atoms with Gasteiger partial charge in [0.05, 0.1) is 0 Å². The number of rotatable bonds is 3. The van der Waals surface area contributed by atoms with E-state index in [-0.39, 0.29) is 0 Å². The first kappa shape index (κ1) is 12.2. The highest BCUT2D eigenvalue weighted by molar-refractivity contribution is 5.46. The number of anilines is 1. The molecule has 0 bridgehead atoms. The van der Waals surface area contributed by atoms with Gasteiger partial charge in [-0.05, 0) is 36.6 Å². The van der Waals surface area contributed by atoms with Crippen molar-refractivity contribution in [3.8, 4) is 0 Å². The van der Waals surface area contributed by atoms with Gasteiger partial charge in [-0.15, -0.1) is 0 Å². The maximum atomic E-state index is 6.06. The Hall–Kier alpha value is -1.80. The van der Waals surface area contributed by atoms with Crippen LogP contribution in [0.3, 0.4) is 0 Å². The van der Waals surface area contributed by atoms with E-state index in [0.717, 1.165) is 18.8 Å². The summed E-state index contributed by atoms with van der Waals surface area (Å²) in [5.74, 6) is 0. The Morgan fingerprint density at radius 2 is 1.74 bits per heavy atom. The standard InChI is InChI=1S/C17H20N2/c18-16-10-5-4-9-15(16)13-19-12-6-11-17(19)14-7-2-1-3-8-14/h1-5,7-10,17H,6,11-13,18H2. The molecule has 0 saturated carbocycles. The zero-order chi connectivity index (χ0) is 13.1. The molecule has 1 aliphatic heterocycles. The fraction of sp³-hybridized carbons (Fsp3) is 0.294. The third-order valence-corrected chi connectivity index (χ3v) is 3.98. The molecule has 2 aromatic rings. The Labute approximate surface area is 114 Å². The molecule has 2 N–H and O–H groups in total. The number of para-hydroxylation sites is 1. The SMILES string of the molecule is Nc1ccccc1CN1CCCC1c1ccccc1. The zero-order valence-corrected chi connectivity index (χ0v) is 11.1. The van der Waals surface area contributed by atoms with Crippen LogP contribution in [0.25, 0.3) is 0 Å². The van der Waals surface area contributed by atoms with E-state index in [0.29, 0.717) is 6.04 Å². The molecule has 3 rings (SSSR count). The van der Waals surface area contributed by atoms with Gasteiger partial charge in [0.2, 0.25) is 0 Å². The highest BCUT2D eigenvalue weighted by Crippen LogP contribution is 2.33. The van der Waals surface area contributed by atoms with Crippen LogP contribution in [-0.4, -0.2) is 11.4 Å². The summed E-state index contributed by atoms with van der Waals surface area (Å²) < 4.78 is 0. The minimum absolute atomic E-state index is 0.542. The lowest BCUT2D eigenvalue weighted by Gasteiger charge is -2.25. The Bertz CT molecular complexity index is 536. The summed E-state index contributed by atoms with van der Waals surface area (Å²) in [6, 6.07) is 19.5. The van der Waals surface area contributed by atoms with Crippen molar-refractivity contribution in [2.24, 2.45) is 0 Å². The fourth-order valence-electron chi connectivity index (χ4n) is 2.97. The first-order chi connectivity index (χ1) is 9.34. The van der Waals surface area contributed by atoms with E-state index < -0.39 is 0 Å². The van der Waals surface area contributed by atoms with Crippen molar-refractivity contribution in [3.63, 3.8) is 0 Å². The van der Waals surface area contributed by atoms with Gasteiger partial charge in [0, 0.05) is 18.3 Å². The number of nitrogens with zero attached hydrogens (tertiary/aromatic N) is 1. The number of nitrogen functional groups attached to an aromatic ring is 1. The average molecular weight is 252 g/mol. The lowest BCUT2D eigenvalue weighted by Crippen LogP contribution is -2.23. The smallest absolute Gasteiger partial charge is 0.0359 e. The van der Waals surface area contributed by atoms with E-state index in [1.807, 2.05) is 12.1 Å². The molecule has 1 unspecified atom stereocenters. The predicted octanol–water partition coefficient (Wildman–Crippen LogP) is 3.61. The summed E-state index contributed by atoms with van der Waals surface area (Å²) >= 11 is 0. The van der Waals surface area contributed by atoms with Gasteiger partial charge >= 0.3 is 0 Å². The molecule has 98 valence electrons. The van der Waals surface area contributed by atoms with Crippen LogP contribution in [0.1, 0.15) is 30.0 Å². The van der Waals surface area contributed by atoms with Gasteiger partial charge in [0.25, 0.3) is 0 Å². The van der Waals surface area contributed by atoms with Crippen LogP contribution < -0.4 is 5.73 Å². The molecule has 0 radical (unpaired) electrons. The minimum atomic E-state index is 0.542. The molecular formula is C17H20N2. The van der Waals surface area contributed by atoms with Crippen LogP contribution in [-0.2, 0) is 6.54 Å². The molecule has 1 aliphatic rings. The number of hydrogen-bond acceptors (Lipinski definition) is 2. The predicted molar refractivity (Wildman–Crippen MR) is 79.7 cm³/mol. The van der Waals surface area contributed by atoms with Crippen LogP contribution in [0.4, 0.5) is 5.69 Å². The van der Waals surface area contributed by atoms with Crippen molar-refractivity contribution < 1.29 is 0 Å². The molecular weight excluding hydrogens is 232 g/mol. The molecule has 2 heteroatoms. The van der Waals surface area contributed by atoms with Crippen molar-refractivity contribution >= 4 is 5.69 Å². The number of likely N-dealkylation sites (tertiary alicyclic amines) is 1. The minimum Gasteiger partial charge on any atom is -0.398 e. The second kappa shape index (κ2) is 5.45. The Morgan fingerprint density at radius 3 is 2.53 bits per heavy atom. The number of hydrogen-bond donors (Lipinski definition) is 1. The van der Waals surface area contributed by atoms with Crippen molar-refractivity contribution in [3.05, 3.63) is 65.7 Å². The molecule has 19 heavy (non-hydrogen) atoms. The van der Waals surface area contributed by atoms with Crippen molar-refractivity contribution in [1.82, 2.24) is 4.90 Å². The maximum Gasteiger partial charge on any atom is 0.0359 e. The molecule has 2 aromatic carbocycles. The van der Waals surface area contributed by atoms with Crippen LogP contribution >= 0.6 is 0 Å². The second-order valence-electron chi connectivity index (χ2n) is 5.24. The van der Waals surface area contributed by atoms with Gasteiger partial charge < -0.3 is 5.73 Å². The van der Waals surface area contributed by atoms with Crippen LogP contribution in [0.15, 0.2) is 54.6 Å². The molecule has 0 spiro atoms. The summed E-state index contributed by atoms with van der Waals surface area (Å²) in [7, 11) is 0. The van der Waals surface area contributed by atoms with E-state index in [1.54, 1.807) is 0 Å². The zero-order valence-electron chi connectivity index (χ0n) is 11.1. The Morgan fingerprint density at radius 1 is 1.00 bits per heavy atom. The third kappa shape index (κ3) is 2.64. The van der Waals surface area contributed by atoms with E-state index >= 15 is 0 Å². The summed E-state index contributed by atoms with van der Waals surface area (Å²) in [5.41, 5.74) is 9.63. The van der Waals surface area contributed by atoms with Crippen LogP contribution in [0, 0.1) is 0 Å². The molecule has 2 nitrogen and oxygen atoms in total. The molecule has 1 saturated heterocycles. The van der Waals surface area contributed by atoms with Gasteiger partial charge in [0.1, 0.15) is 0 Å². The lowest BCUT2D eigenvalue weighted by molar-refractivity contribution is 0.249. The summed E-state index contributed by atoms with van der Waals surface area (Å²) in [5, 5.41) is 0. The van der Waals surface area contributed by atoms with E-state index in [9.17, 15) is 0 Å². The third-order valence-electron chi connectivity index (χ3n) is 3.98. The number of benzene rings is 2. The number of nitrogens with two attached hydrogens (primary N) is 1. The first-order valence-corrected chi connectivity index (χ1v) is 6.97. The second-order valence-corrected chi connectivity index (χ2v) is 5.24. The van der Waals surface area contributed by atoms with Crippen molar-refractivity contribution in [2.45, 2.75) is 25.4 Å². The molecule has 0 aromatic heterocycles. The van der Waals surface area contributed by atoms with Gasteiger partial charge in [-0.25, -0.2) is 0 Å². The van der Waals surface area contributed by atoms with E-state index in [4.69, 9.17) is 5.73 Å².